The van der Waals surface area contributed by atoms with Crippen LogP contribution in [0.5, 0.6) is 5.75 Å². The maximum Gasteiger partial charge on any atom is 0.126 e. The number of nitrogens with two attached hydrogens (primary N) is 1. The number of hydrogen-bond donors (Lipinski definition) is 1. The number of benzene rings is 1. The van der Waals surface area contributed by atoms with Crippen molar-refractivity contribution in [3.05, 3.63) is 27.2 Å². The van der Waals surface area contributed by atoms with Gasteiger partial charge in [-0.05, 0) is 55.7 Å². The van der Waals surface area contributed by atoms with E-state index in [0.29, 0.717) is 5.92 Å². The van der Waals surface area contributed by atoms with Crippen LogP contribution in [0, 0.1) is 25.7 Å². The van der Waals surface area contributed by atoms with E-state index in [1.54, 1.807) is 7.11 Å². The standard InChI is InChI=1S/C15H22BrNO/c1-8-7-12(16)10(3)13(15(8)18-4)14(17)9(2)11-5-6-11/h7,9,11,14H,5-6,17H2,1-4H3. The lowest BCUT2D eigenvalue weighted by Gasteiger charge is -2.25. The van der Waals surface area contributed by atoms with E-state index in [0.717, 1.165) is 21.7 Å². The van der Waals surface area contributed by atoms with Crippen molar-refractivity contribution in [3.8, 4) is 5.75 Å². The van der Waals surface area contributed by atoms with Gasteiger partial charge in [0.15, 0.2) is 0 Å². The number of methoxy groups -OCH3 is 1. The lowest BCUT2D eigenvalue weighted by molar-refractivity contribution is 0.373. The Morgan fingerprint density at radius 2 is 2.00 bits per heavy atom. The summed E-state index contributed by atoms with van der Waals surface area (Å²) in [6, 6.07) is 2.16. The third kappa shape index (κ3) is 2.43. The molecule has 2 nitrogen and oxygen atoms in total. The maximum absolute atomic E-state index is 6.49. The van der Waals surface area contributed by atoms with Crippen LogP contribution in [0.4, 0.5) is 0 Å². The van der Waals surface area contributed by atoms with Crippen LogP contribution >= 0.6 is 15.9 Å². The van der Waals surface area contributed by atoms with E-state index in [2.05, 4.69) is 42.8 Å². The van der Waals surface area contributed by atoms with Crippen molar-refractivity contribution in [1.82, 2.24) is 0 Å². The quantitative estimate of drug-likeness (QED) is 0.907. The fraction of sp³-hybridized carbons (Fsp3) is 0.600. The molecule has 0 radical (unpaired) electrons. The highest BCUT2D eigenvalue weighted by Gasteiger charge is 2.34. The van der Waals surface area contributed by atoms with Crippen molar-refractivity contribution >= 4 is 15.9 Å². The van der Waals surface area contributed by atoms with Crippen LogP contribution in [-0.2, 0) is 0 Å². The van der Waals surface area contributed by atoms with Gasteiger partial charge in [-0.3, -0.25) is 0 Å². The number of hydrogen-bond acceptors (Lipinski definition) is 2. The molecular formula is C15H22BrNO. The van der Waals surface area contributed by atoms with Gasteiger partial charge in [0.25, 0.3) is 0 Å². The van der Waals surface area contributed by atoms with Crippen LogP contribution < -0.4 is 10.5 Å². The number of halogens is 1. The van der Waals surface area contributed by atoms with Gasteiger partial charge in [0.2, 0.25) is 0 Å². The largest absolute Gasteiger partial charge is 0.496 e. The second-order valence-corrected chi connectivity index (χ2v) is 6.32. The molecule has 1 aromatic carbocycles. The van der Waals surface area contributed by atoms with Gasteiger partial charge in [-0.1, -0.05) is 22.9 Å². The first-order chi connectivity index (χ1) is 8.47. The molecule has 2 N–H and O–H groups in total. The molecular weight excluding hydrogens is 290 g/mol. The SMILES string of the molecule is COc1c(C)cc(Br)c(C)c1C(N)C(C)C1CC1. The molecule has 1 aromatic rings. The van der Waals surface area contributed by atoms with Gasteiger partial charge in [0, 0.05) is 16.1 Å². The minimum absolute atomic E-state index is 0.0589. The molecule has 2 rings (SSSR count). The highest BCUT2D eigenvalue weighted by Crippen LogP contribution is 2.45. The molecule has 18 heavy (non-hydrogen) atoms. The second-order valence-electron chi connectivity index (χ2n) is 5.47. The van der Waals surface area contributed by atoms with Crippen molar-refractivity contribution in [3.63, 3.8) is 0 Å². The normalized spacial score (nSPS) is 18.6. The van der Waals surface area contributed by atoms with E-state index in [4.69, 9.17) is 10.5 Å². The summed E-state index contributed by atoms with van der Waals surface area (Å²) in [5, 5.41) is 0. The Kier molecular flexibility index (Phi) is 4.02. The molecule has 2 atom stereocenters. The summed E-state index contributed by atoms with van der Waals surface area (Å²) in [7, 11) is 1.73. The molecule has 0 bridgehead atoms. The molecule has 1 fully saturated rings. The van der Waals surface area contributed by atoms with Crippen molar-refractivity contribution in [2.24, 2.45) is 17.6 Å². The van der Waals surface area contributed by atoms with Crippen LogP contribution in [0.25, 0.3) is 0 Å². The fourth-order valence-corrected chi connectivity index (χ4v) is 3.28. The Balaban J connectivity index is 2.46. The Morgan fingerprint density at radius 3 is 2.50 bits per heavy atom. The first-order valence-electron chi connectivity index (χ1n) is 6.56. The Bertz CT molecular complexity index is 454. The zero-order valence-corrected chi connectivity index (χ0v) is 13.2. The molecule has 0 aliphatic heterocycles. The van der Waals surface area contributed by atoms with Gasteiger partial charge in [-0.15, -0.1) is 0 Å². The van der Waals surface area contributed by atoms with Crippen molar-refractivity contribution in [2.45, 2.75) is 39.7 Å². The molecule has 1 aliphatic rings. The molecule has 0 aromatic heterocycles. The number of ether oxygens (including phenoxy) is 1. The Hall–Kier alpha value is -0.540. The van der Waals surface area contributed by atoms with Crippen LogP contribution in [0.2, 0.25) is 0 Å². The molecule has 3 heteroatoms. The first kappa shape index (κ1) is 13.9. The van der Waals surface area contributed by atoms with E-state index in [1.807, 2.05) is 0 Å². The average Bonchev–Trinajstić information content (AvgIpc) is 3.15. The second kappa shape index (κ2) is 5.22. The minimum atomic E-state index is 0.0589. The molecule has 100 valence electrons. The maximum atomic E-state index is 6.49. The molecule has 1 aliphatic carbocycles. The van der Waals surface area contributed by atoms with Gasteiger partial charge < -0.3 is 10.5 Å². The van der Waals surface area contributed by atoms with Crippen LogP contribution in [0.3, 0.4) is 0 Å². The van der Waals surface area contributed by atoms with Crippen molar-refractivity contribution in [2.75, 3.05) is 7.11 Å². The number of aryl methyl sites for hydroxylation is 1. The molecule has 0 saturated heterocycles. The smallest absolute Gasteiger partial charge is 0.126 e. The highest BCUT2D eigenvalue weighted by molar-refractivity contribution is 9.10. The molecule has 1 saturated carbocycles. The summed E-state index contributed by atoms with van der Waals surface area (Å²) in [6.07, 6.45) is 2.65. The Labute approximate surface area is 118 Å². The molecule has 0 heterocycles. The summed E-state index contributed by atoms with van der Waals surface area (Å²) in [5.41, 5.74) is 10.0. The zero-order chi connectivity index (χ0) is 13.4. The third-order valence-electron chi connectivity index (χ3n) is 4.18. The van der Waals surface area contributed by atoms with Gasteiger partial charge >= 0.3 is 0 Å². The van der Waals surface area contributed by atoms with Crippen molar-refractivity contribution < 1.29 is 4.74 Å². The van der Waals surface area contributed by atoms with E-state index < -0.39 is 0 Å². The summed E-state index contributed by atoms with van der Waals surface area (Å²) in [4.78, 5) is 0. The molecule has 0 spiro atoms. The van der Waals surface area contributed by atoms with Gasteiger partial charge in [-0.2, -0.15) is 0 Å². The lowest BCUT2D eigenvalue weighted by atomic mass is 9.87. The highest BCUT2D eigenvalue weighted by atomic mass is 79.9. The average molecular weight is 312 g/mol. The summed E-state index contributed by atoms with van der Waals surface area (Å²) >= 11 is 3.62. The molecule has 2 unspecified atom stereocenters. The van der Waals surface area contributed by atoms with Crippen LogP contribution in [0.15, 0.2) is 10.5 Å². The zero-order valence-electron chi connectivity index (χ0n) is 11.6. The van der Waals surface area contributed by atoms with Crippen LogP contribution in [-0.4, -0.2) is 7.11 Å². The monoisotopic (exact) mass is 311 g/mol. The Morgan fingerprint density at radius 1 is 1.39 bits per heavy atom. The van der Waals surface area contributed by atoms with E-state index in [1.165, 1.54) is 24.0 Å². The van der Waals surface area contributed by atoms with E-state index in [9.17, 15) is 0 Å². The van der Waals surface area contributed by atoms with E-state index in [-0.39, 0.29) is 6.04 Å². The van der Waals surface area contributed by atoms with Gasteiger partial charge in [0.1, 0.15) is 5.75 Å². The topological polar surface area (TPSA) is 35.2 Å². The van der Waals surface area contributed by atoms with Gasteiger partial charge in [0.05, 0.1) is 7.11 Å². The summed E-state index contributed by atoms with van der Waals surface area (Å²) in [6.45, 7) is 6.44. The van der Waals surface area contributed by atoms with E-state index >= 15 is 0 Å². The first-order valence-corrected chi connectivity index (χ1v) is 7.35. The minimum Gasteiger partial charge on any atom is -0.496 e. The van der Waals surface area contributed by atoms with Crippen LogP contribution in [0.1, 0.15) is 42.5 Å². The lowest BCUT2D eigenvalue weighted by Crippen LogP contribution is -2.22. The summed E-state index contributed by atoms with van der Waals surface area (Å²) < 4.78 is 6.70. The van der Waals surface area contributed by atoms with Crippen molar-refractivity contribution in [1.29, 1.82) is 0 Å². The predicted octanol–water partition coefficient (Wildman–Crippen LogP) is 4.12. The summed E-state index contributed by atoms with van der Waals surface area (Å²) in [5.74, 6) is 2.27. The molecule has 0 amide bonds. The number of rotatable bonds is 4. The third-order valence-corrected chi connectivity index (χ3v) is 5.00. The fourth-order valence-electron chi connectivity index (χ4n) is 2.73. The van der Waals surface area contributed by atoms with Gasteiger partial charge in [-0.25, -0.2) is 0 Å². The predicted molar refractivity (Wildman–Crippen MR) is 79.0 cm³/mol.